The van der Waals surface area contributed by atoms with E-state index < -0.39 is 12.0 Å². The molecule has 1 N–H and O–H groups in total. The zero-order valence-electron chi connectivity index (χ0n) is 20.5. The Morgan fingerprint density at radius 3 is 2.58 bits per heavy atom. The maximum atomic E-state index is 14.1. The van der Waals surface area contributed by atoms with Gasteiger partial charge in [-0.1, -0.05) is 42.5 Å². The van der Waals surface area contributed by atoms with Gasteiger partial charge in [0.2, 0.25) is 5.91 Å². The van der Waals surface area contributed by atoms with Crippen LogP contribution in [0.5, 0.6) is 0 Å². The van der Waals surface area contributed by atoms with Crippen LogP contribution >= 0.6 is 15.9 Å². The van der Waals surface area contributed by atoms with Crippen LogP contribution in [0.4, 0.5) is 5.69 Å². The average Bonchev–Trinajstić information content (AvgIpc) is 3.21. The predicted octanol–water partition coefficient (Wildman–Crippen LogP) is 5.82. The molecule has 1 aliphatic rings. The number of anilines is 1. The average molecular weight is 546 g/mol. The fourth-order valence-electron chi connectivity index (χ4n) is 5.20. The Morgan fingerprint density at radius 1 is 1.06 bits per heavy atom. The Kier molecular flexibility index (Phi) is 6.69. The van der Waals surface area contributed by atoms with Gasteiger partial charge in [0.15, 0.2) is 0 Å². The van der Waals surface area contributed by atoms with E-state index in [2.05, 4.69) is 37.9 Å². The monoisotopic (exact) mass is 545 g/mol. The molecular weight excluding hydrogens is 518 g/mol. The minimum absolute atomic E-state index is 0.0962. The van der Waals surface area contributed by atoms with Gasteiger partial charge in [0.05, 0.1) is 24.3 Å². The van der Waals surface area contributed by atoms with E-state index in [1.165, 1.54) is 0 Å². The van der Waals surface area contributed by atoms with Gasteiger partial charge in [-0.3, -0.25) is 9.59 Å². The summed E-state index contributed by atoms with van der Waals surface area (Å²) in [5.74, 6) is -0.879. The summed E-state index contributed by atoms with van der Waals surface area (Å²) in [5, 5.41) is 4.15. The molecule has 0 spiro atoms. The molecule has 1 aromatic heterocycles. The van der Waals surface area contributed by atoms with Gasteiger partial charge >= 0.3 is 0 Å². The highest BCUT2D eigenvalue weighted by Crippen LogP contribution is 2.45. The minimum atomic E-state index is -0.616. The lowest BCUT2D eigenvalue weighted by atomic mass is 9.79. The maximum absolute atomic E-state index is 14.1. The number of hydrogen-bond donors (Lipinski definition) is 1. The quantitative estimate of drug-likeness (QED) is 0.332. The molecule has 0 aliphatic carbocycles. The van der Waals surface area contributed by atoms with E-state index in [0.29, 0.717) is 24.4 Å². The third kappa shape index (κ3) is 4.22. The van der Waals surface area contributed by atoms with Gasteiger partial charge in [-0.25, -0.2) is 0 Å². The van der Waals surface area contributed by atoms with Crippen molar-refractivity contribution in [2.45, 2.75) is 18.9 Å². The van der Waals surface area contributed by atoms with Gasteiger partial charge in [-0.05, 0) is 58.2 Å². The Bertz CT molecular complexity index is 1460. The first-order valence-electron chi connectivity index (χ1n) is 11.9. The highest BCUT2D eigenvalue weighted by atomic mass is 79.9. The molecule has 0 bridgehead atoms. The molecule has 0 fully saturated rings. The molecule has 1 aliphatic heterocycles. The summed E-state index contributed by atoms with van der Waals surface area (Å²) in [4.78, 5) is 29.7. The normalized spacial score (nSPS) is 17.3. The minimum Gasteiger partial charge on any atom is -0.383 e. The molecule has 184 valence electrons. The van der Waals surface area contributed by atoms with Crippen LogP contribution in [0, 0.1) is 6.92 Å². The van der Waals surface area contributed by atoms with Gasteiger partial charge in [-0.2, -0.15) is 0 Å². The number of para-hydroxylation sites is 1. The van der Waals surface area contributed by atoms with E-state index in [4.69, 9.17) is 4.74 Å². The van der Waals surface area contributed by atoms with Gasteiger partial charge < -0.3 is 19.5 Å². The van der Waals surface area contributed by atoms with E-state index in [1.54, 1.807) is 18.1 Å². The number of ether oxygens (including phenoxy) is 1. The van der Waals surface area contributed by atoms with Crippen LogP contribution in [0.1, 0.15) is 39.0 Å². The molecule has 3 aromatic carbocycles. The molecule has 0 unspecified atom stereocenters. The van der Waals surface area contributed by atoms with Crippen LogP contribution in [0.3, 0.4) is 0 Å². The van der Waals surface area contributed by atoms with Crippen molar-refractivity contribution in [2.24, 2.45) is 7.05 Å². The number of halogens is 1. The van der Waals surface area contributed by atoms with E-state index in [0.717, 1.165) is 32.1 Å². The number of rotatable bonds is 6. The summed E-state index contributed by atoms with van der Waals surface area (Å²) >= 11 is 3.58. The lowest BCUT2D eigenvalue weighted by Gasteiger charge is -2.41. The smallest absolute Gasteiger partial charge is 0.254 e. The second kappa shape index (κ2) is 9.91. The van der Waals surface area contributed by atoms with Gasteiger partial charge in [0.25, 0.3) is 5.91 Å². The number of hydrogen-bond acceptors (Lipinski definition) is 3. The van der Waals surface area contributed by atoms with Crippen molar-refractivity contribution in [1.29, 1.82) is 0 Å². The van der Waals surface area contributed by atoms with Crippen molar-refractivity contribution in [3.8, 4) is 0 Å². The zero-order valence-corrected chi connectivity index (χ0v) is 22.1. The highest BCUT2D eigenvalue weighted by molar-refractivity contribution is 9.10. The van der Waals surface area contributed by atoms with E-state index in [-0.39, 0.29) is 11.8 Å². The van der Waals surface area contributed by atoms with Crippen LogP contribution < -0.4 is 5.32 Å². The lowest BCUT2D eigenvalue weighted by Crippen LogP contribution is -2.47. The number of carbonyl (C=O) groups excluding carboxylic acids is 2. The first kappa shape index (κ1) is 24.3. The molecule has 5 rings (SSSR count). The predicted molar refractivity (Wildman–Crippen MR) is 145 cm³/mol. The topological polar surface area (TPSA) is 63.6 Å². The van der Waals surface area contributed by atoms with Gasteiger partial charge in [0, 0.05) is 53.4 Å². The van der Waals surface area contributed by atoms with E-state index >= 15 is 0 Å². The van der Waals surface area contributed by atoms with Crippen molar-refractivity contribution < 1.29 is 14.3 Å². The van der Waals surface area contributed by atoms with Crippen LogP contribution in [-0.2, 0) is 16.6 Å². The number of nitrogens with one attached hydrogen (secondary N) is 1. The number of fused-ring (bicyclic) bond motifs is 2. The number of aryl methyl sites for hydroxylation is 2. The number of carbonyl (C=O) groups is 2. The molecule has 2 amide bonds. The summed E-state index contributed by atoms with van der Waals surface area (Å²) in [5.41, 5.74) is 5.05. The fourth-order valence-corrected chi connectivity index (χ4v) is 5.79. The summed E-state index contributed by atoms with van der Waals surface area (Å²) in [6.45, 7) is 2.74. The summed E-state index contributed by atoms with van der Waals surface area (Å²) < 4.78 is 8.24. The van der Waals surface area contributed by atoms with Gasteiger partial charge in [-0.15, -0.1) is 0 Å². The maximum Gasteiger partial charge on any atom is 0.254 e. The molecule has 4 aromatic rings. The molecule has 0 radical (unpaired) electrons. The molecular formula is C29H28BrN3O3. The number of benzene rings is 3. The van der Waals surface area contributed by atoms with Crippen LogP contribution in [0.2, 0.25) is 0 Å². The molecule has 2 atom stereocenters. The molecule has 36 heavy (non-hydrogen) atoms. The first-order valence-corrected chi connectivity index (χ1v) is 12.7. The fraction of sp³-hybridized carbons (Fsp3) is 0.241. The summed E-state index contributed by atoms with van der Waals surface area (Å²) in [6, 6.07) is 20.8. The van der Waals surface area contributed by atoms with Crippen molar-refractivity contribution in [1.82, 2.24) is 9.47 Å². The van der Waals surface area contributed by atoms with Crippen LogP contribution in [0.25, 0.3) is 10.9 Å². The van der Waals surface area contributed by atoms with Crippen molar-refractivity contribution in [3.63, 3.8) is 0 Å². The Morgan fingerprint density at radius 2 is 1.81 bits per heavy atom. The number of amides is 2. The van der Waals surface area contributed by atoms with Crippen LogP contribution in [-0.4, -0.2) is 41.5 Å². The van der Waals surface area contributed by atoms with Crippen LogP contribution in [0.15, 0.2) is 77.4 Å². The second-order valence-electron chi connectivity index (χ2n) is 9.19. The Labute approximate surface area is 219 Å². The van der Waals surface area contributed by atoms with Gasteiger partial charge in [0.1, 0.15) is 0 Å². The third-order valence-electron chi connectivity index (χ3n) is 6.89. The largest absolute Gasteiger partial charge is 0.383 e. The second-order valence-corrected chi connectivity index (χ2v) is 10.0. The van der Waals surface area contributed by atoms with Crippen molar-refractivity contribution in [3.05, 3.63) is 99.7 Å². The standard InChI is InChI=1S/C29H28BrN3O3/c1-18-12-13-24(23(30)16-18)31-28(34)26-20-9-4-5-10-21(20)29(35)33(14-15-36-3)27(26)22-17-32(2)25-11-7-6-8-19(22)25/h4-13,16-17,26-27H,14-15H2,1-3H3,(H,31,34)/t26-,27+/m1/s1. The Balaban J connectivity index is 1.69. The van der Waals surface area contributed by atoms with E-state index in [1.807, 2.05) is 68.7 Å². The summed E-state index contributed by atoms with van der Waals surface area (Å²) in [7, 11) is 3.61. The molecule has 7 heteroatoms. The third-order valence-corrected chi connectivity index (χ3v) is 7.54. The first-order chi connectivity index (χ1) is 17.4. The molecule has 0 saturated carbocycles. The SMILES string of the molecule is COCCN1C(=O)c2ccccc2[C@@H](C(=O)Nc2ccc(C)cc2Br)[C@@H]1c1cn(C)c2ccccc12. The lowest BCUT2D eigenvalue weighted by molar-refractivity contribution is -0.119. The number of methoxy groups -OCH3 is 1. The number of aromatic nitrogens is 1. The van der Waals surface area contributed by atoms with Crippen molar-refractivity contribution in [2.75, 3.05) is 25.6 Å². The Hall–Kier alpha value is -3.42. The number of nitrogens with zero attached hydrogens (tertiary/aromatic N) is 2. The molecule has 2 heterocycles. The molecule has 6 nitrogen and oxygen atoms in total. The molecule has 0 saturated heterocycles. The van der Waals surface area contributed by atoms with E-state index in [9.17, 15) is 9.59 Å². The zero-order chi connectivity index (χ0) is 25.4. The summed E-state index contributed by atoms with van der Waals surface area (Å²) in [6.07, 6.45) is 2.04. The van der Waals surface area contributed by atoms with Crippen molar-refractivity contribution >= 4 is 44.3 Å². The highest BCUT2D eigenvalue weighted by Gasteiger charge is 2.45.